The third-order valence-corrected chi connectivity index (χ3v) is 3.37. The molecule has 1 heterocycles. The molecule has 1 aliphatic rings. The van der Waals surface area contributed by atoms with E-state index in [1.807, 2.05) is 30.3 Å². The smallest absolute Gasteiger partial charge is 0.170 e. The zero-order chi connectivity index (χ0) is 12.5. The Kier molecular flexibility index (Phi) is 2.80. The van der Waals surface area contributed by atoms with E-state index in [2.05, 4.69) is 0 Å². The van der Waals surface area contributed by atoms with E-state index in [9.17, 15) is 4.79 Å². The number of para-hydroxylation sites is 1. The number of hydrogen-bond donors (Lipinski definition) is 0. The summed E-state index contributed by atoms with van der Waals surface area (Å²) in [6.45, 7) is 0. The topological polar surface area (TPSA) is 26.3 Å². The maximum absolute atomic E-state index is 12.1. The summed E-state index contributed by atoms with van der Waals surface area (Å²) in [6, 6.07) is 15.0. The second kappa shape index (κ2) is 4.46. The highest BCUT2D eigenvalue weighted by Gasteiger charge is 2.28. The molecule has 0 amide bonds. The second-order valence-electron chi connectivity index (χ2n) is 4.26. The molecule has 1 atom stereocenters. The van der Waals surface area contributed by atoms with E-state index in [-0.39, 0.29) is 11.9 Å². The largest absolute Gasteiger partial charge is 0.483 e. The Morgan fingerprint density at radius 2 is 1.83 bits per heavy atom. The summed E-state index contributed by atoms with van der Waals surface area (Å²) in [4.78, 5) is 12.1. The molecule has 3 heteroatoms. The number of carbonyl (C=O) groups is 1. The lowest BCUT2D eigenvalue weighted by molar-refractivity contribution is 0.0850. The molecule has 0 spiro atoms. The summed E-state index contributed by atoms with van der Waals surface area (Å²) >= 11 is 6.08. The third-order valence-electron chi connectivity index (χ3n) is 3.07. The summed E-state index contributed by atoms with van der Waals surface area (Å²) in [7, 11) is 0. The van der Waals surface area contributed by atoms with Crippen LogP contribution in [0, 0.1) is 0 Å². The molecule has 0 N–H and O–H groups in total. The van der Waals surface area contributed by atoms with Crippen molar-refractivity contribution in [1.82, 2.24) is 0 Å². The molecule has 0 bridgehead atoms. The predicted octanol–water partition coefficient (Wildman–Crippen LogP) is 4.05. The van der Waals surface area contributed by atoms with Gasteiger partial charge in [0.05, 0.1) is 17.0 Å². The van der Waals surface area contributed by atoms with E-state index in [0.29, 0.717) is 22.8 Å². The molecule has 90 valence electrons. The Balaban J connectivity index is 2.01. The molecule has 0 saturated carbocycles. The lowest BCUT2D eigenvalue weighted by atomic mass is 9.96. The highest BCUT2D eigenvalue weighted by Crippen LogP contribution is 2.39. The monoisotopic (exact) mass is 258 g/mol. The van der Waals surface area contributed by atoms with Gasteiger partial charge in [-0.25, -0.2) is 0 Å². The van der Waals surface area contributed by atoms with E-state index in [1.54, 1.807) is 18.2 Å². The molecule has 3 rings (SSSR count). The van der Waals surface area contributed by atoms with E-state index < -0.39 is 0 Å². The van der Waals surface area contributed by atoms with Gasteiger partial charge < -0.3 is 4.74 Å². The maximum atomic E-state index is 12.1. The molecule has 0 fully saturated rings. The van der Waals surface area contributed by atoms with Crippen molar-refractivity contribution in [3.8, 4) is 5.75 Å². The van der Waals surface area contributed by atoms with E-state index in [4.69, 9.17) is 16.3 Å². The van der Waals surface area contributed by atoms with Gasteiger partial charge >= 0.3 is 0 Å². The van der Waals surface area contributed by atoms with Crippen LogP contribution in [0.1, 0.15) is 28.4 Å². The molecule has 2 aromatic carbocycles. The van der Waals surface area contributed by atoms with Gasteiger partial charge in [0, 0.05) is 0 Å². The minimum absolute atomic E-state index is 0.0765. The van der Waals surface area contributed by atoms with E-state index in [1.165, 1.54) is 0 Å². The number of rotatable bonds is 1. The van der Waals surface area contributed by atoms with Crippen LogP contribution in [0.5, 0.6) is 5.75 Å². The van der Waals surface area contributed by atoms with Crippen molar-refractivity contribution in [3.05, 3.63) is 64.7 Å². The molecular formula is C15H11ClO2. The van der Waals surface area contributed by atoms with Crippen molar-refractivity contribution in [1.29, 1.82) is 0 Å². The van der Waals surface area contributed by atoms with Crippen LogP contribution < -0.4 is 4.74 Å². The number of hydrogen-bond acceptors (Lipinski definition) is 2. The van der Waals surface area contributed by atoms with Gasteiger partial charge in [-0.1, -0.05) is 48.0 Å². The number of ketones is 1. The maximum Gasteiger partial charge on any atom is 0.170 e. The van der Waals surface area contributed by atoms with Crippen LogP contribution in [0.2, 0.25) is 5.02 Å². The summed E-state index contributed by atoms with van der Waals surface area (Å²) in [5.41, 5.74) is 1.58. The molecule has 0 radical (unpaired) electrons. The lowest BCUT2D eigenvalue weighted by Crippen LogP contribution is -2.20. The average molecular weight is 259 g/mol. The zero-order valence-corrected chi connectivity index (χ0v) is 10.4. The van der Waals surface area contributed by atoms with Crippen LogP contribution in [-0.4, -0.2) is 5.78 Å². The van der Waals surface area contributed by atoms with Crippen LogP contribution in [-0.2, 0) is 0 Å². The number of Topliss-reactive ketones (excluding diaryl/α,β-unsaturated/α-hetero) is 1. The van der Waals surface area contributed by atoms with Crippen LogP contribution in [0.3, 0.4) is 0 Å². The summed E-state index contributed by atoms with van der Waals surface area (Å²) in [5.74, 6) is 0.580. The van der Waals surface area contributed by atoms with Crippen molar-refractivity contribution >= 4 is 17.4 Å². The summed E-state index contributed by atoms with van der Waals surface area (Å²) in [5, 5.41) is 0.487. The first-order valence-electron chi connectivity index (χ1n) is 5.79. The summed E-state index contributed by atoms with van der Waals surface area (Å²) in [6.07, 6.45) is 0.114. The Labute approximate surface area is 110 Å². The van der Waals surface area contributed by atoms with Gasteiger partial charge in [0.1, 0.15) is 11.9 Å². The molecule has 2 aromatic rings. The van der Waals surface area contributed by atoms with Crippen molar-refractivity contribution in [2.75, 3.05) is 0 Å². The van der Waals surface area contributed by atoms with Gasteiger partial charge in [-0.2, -0.15) is 0 Å². The molecule has 2 nitrogen and oxygen atoms in total. The molecule has 0 unspecified atom stereocenters. The van der Waals surface area contributed by atoms with Gasteiger partial charge in [-0.3, -0.25) is 4.79 Å². The highest BCUT2D eigenvalue weighted by molar-refractivity contribution is 6.32. The summed E-state index contributed by atoms with van der Waals surface area (Å²) < 4.78 is 5.87. The lowest BCUT2D eigenvalue weighted by Gasteiger charge is -2.26. The van der Waals surface area contributed by atoms with Gasteiger partial charge in [-0.05, 0) is 17.7 Å². The number of ether oxygens (including phenoxy) is 1. The Hall–Kier alpha value is -1.80. The van der Waals surface area contributed by atoms with Gasteiger partial charge in [0.25, 0.3) is 0 Å². The molecular weight excluding hydrogens is 248 g/mol. The average Bonchev–Trinajstić information content (AvgIpc) is 2.41. The van der Waals surface area contributed by atoms with Crippen LogP contribution in [0.15, 0.2) is 48.5 Å². The SMILES string of the molecule is O=C1C[C@@H](c2ccccc2)Oc2c(Cl)cccc21. The van der Waals surface area contributed by atoms with Crippen LogP contribution >= 0.6 is 11.6 Å². The quantitative estimate of drug-likeness (QED) is 0.771. The minimum Gasteiger partial charge on any atom is -0.483 e. The van der Waals surface area contributed by atoms with Crippen molar-refractivity contribution < 1.29 is 9.53 Å². The molecule has 0 aliphatic carbocycles. The zero-order valence-electron chi connectivity index (χ0n) is 9.60. The first-order valence-corrected chi connectivity index (χ1v) is 6.17. The Morgan fingerprint density at radius 1 is 1.06 bits per heavy atom. The standard InChI is InChI=1S/C15H11ClO2/c16-12-8-4-7-11-13(17)9-14(18-15(11)12)10-5-2-1-3-6-10/h1-8,14H,9H2/t14-/m0/s1. The number of benzene rings is 2. The first-order chi connectivity index (χ1) is 8.75. The highest BCUT2D eigenvalue weighted by atomic mass is 35.5. The fraction of sp³-hybridized carbons (Fsp3) is 0.133. The van der Waals surface area contributed by atoms with E-state index >= 15 is 0 Å². The van der Waals surface area contributed by atoms with Crippen molar-refractivity contribution in [2.45, 2.75) is 12.5 Å². The second-order valence-corrected chi connectivity index (χ2v) is 4.67. The van der Waals surface area contributed by atoms with Gasteiger partial charge in [-0.15, -0.1) is 0 Å². The molecule has 18 heavy (non-hydrogen) atoms. The van der Waals surface area contributed by atoms with Crippen LogP contribution in [0.4, 0.5) is 0 Å². The number of carbonyl (C=O) groups excluding carboxylic acids is 1. The Bertz CT molecular complexity index is 593. The van der Waals surface area contributed by atoms with Gasteiger partial charge in [0.15, 0.2) is 5.78 Å². The van der Waals surface area contributed by atoms with Gasteiger partial charge in [0.2, 0.25) is 0 Å². The molecule has 0 aromatic heterocycles. The fourth-order valence-corrected chi connectivity index (χ4v) is 2.38. The van der Waals surface area contributed by atoms with Crippen LogP contribution in [0.25, 0.3) is 0 Å². The molecule has 1 aliphatic heterocycles. The number of halogens is 1. The van der Waals surface area contributed by atoms with Crippen molar-refractivity contribution in [2.24, 2.45) is 0 Å². The first kappa shape index (κ1) is 11.3. The Morgan fingerprint density at radius 3 is 2.61 bits per heavy atom. The predicted molar refractivity (Wildman–Crippen MR) is 70.2 cm³/mol. The number of fused-ring (bicyclic) bond motifs is 1. The molecule has 0 saturated heterocycles. The normalized spacial score (nSPS) is 18.1. The van der Waals surface area contributed by atoms with E-state index in [0.717, 1.165) is 5.56 Å². The third kappa shape index (κ3) is 1.89. The fourth-order valence-electron chi connectivity index (χ4n) is 2.16. The minimum atomic E-state index is -0.244. The van der Waals surface area contributed by atoms with Crippen molar-refractivity contribution in [3.63, 3.8) is 0 Å².